The SMILES string of the molecule is CC.O=CCSCCCCCCC(F)(F)F. The van der Waals surface area contributed by atoms with Crippen LogP contribution in [0, 0.1) is 0 Å². The summed E-state index contributed by atoms with van der Waals surface area (Å²) in [6.07, 6.45) is -1.27. The maximum atomic E-state index is 11.7. The first-order valence-corrected chi connectivity index (χ1v) is 6.80. The maximum Gasteiger partial charge on any atom is 0.389 e. The van der Waals surface area contributed by atoms with Gasteiger partial charge in [0.15, 0.2) is 0 Å². The molecule has 0 radical (unpaired) electrons. The van der Waals surface area contributed by atoms with E-state index in [2.05, 4.69) is 0 Å². The highest BCUT2D eigenvalue weighted by molar-refractivity contribution is 7.99. The van der Waals surface area contributed by atoms with Crippen molar-refractivity contribution in [3.63, 3.8) is 0 Å². The fraction of sp³-hybridized carbons (Fsp3) is 0.909. The summed E-state index contributed by atoms with van der Waals surface area (Å²) in [4.78, 5) is 9.90. The molecule has 0 bridgehead atoms. The summed E-state index contributed by atoms with van der Waals surface area (Å²) in [5, 5.41) is 0. The Kier molecular flexibility index (Phi) is 14.6. The van der Waals surface area contributed by atoms with E-state index in [9.17, 15) is 18.0 Å². The van der Waals surface area contributed by atoms with Gasteiger partial charge >= 0.3 is 6.18 Å². The quantitative estimate of drug-likeness (QED) is 0.472. The molecule has 0 saturated carbocycles. The summed E-state index contributed by atoms with van der Waals surface area (Å²) in [6, 6.07) is 0. The molecular formula is C11H21F3OS. The van der Waals surface area contributed by atoms with Gasteiger partial charge in [-0.2, -0.15) is 24.9 Å². The van der Waals surface area contributed by atoms with Crippen molar-refractivity contribution in [2.75, 3.05) is 11.5 Å². The van der Waals surface area contributed by atoms with Crippen LogP contribution in [0.3, 0.4) is 0 Å². The summed E-state index contributed by atoms with van der Waals surface area (Å²) in [5.41, 5.74) is 0. The number of carbonyl (C=O) groups is 1. The van der Waals surface area contributed by atoms with Crippen LogP contribution in [0.1, 0.15) is 46.0 Å². The van der Waals surface area contributed by atoms with Crippen molar-refractivity contribution >= 4 is 18.0 Å². The minimum atomic E-state index is -4.01. The van der Waals surface area contributed by atoms with Gasteiger partial charge in [0, 0.05) is 12.2 Å². The Morgan fingerprint density at radius 1 is 1.06 bits per heavy atom. The van der Waals surface area contributed by atoms with Crippen molar-refractivity contribution in [1.29, 1.82) is 0 Å². The van der Waals surface area contributed by atoms with Gasteiger partial charge in [0.05, 0.1) is 0 Å². The second-order valence-electron chi connectivity index (χ2n) is 3.02. The number of hydrogen-bond donors (Lipinski definition) is 0. The molecule has 0 saturated heterocycles. The molecule has 0 unspecified atom stereocenters. The maximum absolute atomic E-state index is 11.7. The van der Waals surface area contributed by atoms with Gasteiger partial charge < -0.3 is 4.79 Å². The Morgan fingerprint density at radius 2 is 1.62 bits per heavy atom. The van der Waals surface area contributed by atoms with Gasteiger partial charge in [-0.1, -0.05) is 26.7 Å². The Bertz CT molecular complexity index is 149. The number of carbonyl (C=O) groups excluding carboxylic acids is 1. The molecule has 0 fully saturated rings. The molecule has 0 N–H and O–H groups in total. The number of halogens is 3. The van der Waals surface area contributed by atoms with Gasteiger partial charge in [0.25, 0.3) is 0 Å². The molecule has 0 spiro atoms. The van der Waals surface area contributed by atoms with Gasteiger partial charge in [-0.25, -0.2) is 0 Å². The van der Waals surface area contributed by atoms with Crippen LogP contribution in [-0.2, 0) is 4.79 Å². The highest BCUT2D eigenvalue weighted by Crippen LogP contribution is 2.22. The first kappa shape index (κ1) is 18.2. The van der Waals surface area contributed by atoms with E-state index < -0.39 is 12.6 Å². The molecule has 0 heterocycles. The predicted molar refractivity (Wildman–Crippen MR) is 63.9 cm³/mol. The van der Waals surface area contributed by atoms with E-state index in [0.717, 1.165) is 24.9 Å². The van der Waals surface area contributed by atoms with E-state index >= 15 is 0 Å². The molecule has 98 valence electrons. The Hall–Kier alpha value is -0.190. The number of alkyl halides is 3. The van der Waals surface area contributed by atoms with Crippen LogP contribution in [-0.4, -0.2) is 24.0 Å². The lowest BCUT2D eigenvalue weighted by Crippen LogP contribution is -2.06. The normalized spacial score (nSPS) is 10.6. The lowest BCUT2D eigenvalue weighted by molar-refractivity contribution is -0.135. The minimum Gasteiger partial charge on any atom is -0.302 e. The van der Waals surface area contributed by atoms with E-state index in [1.54, 1.807) is 0 Å². The topological polar surface area (TPSA) is 17.1 Å². The van der Waals surface area contributed by atoms with Crippen LogP contribution in [0.25, 0.3) is 0 Å². The number of hydrogen-bond acceptors (Lipinski definition) is 2. The highest BCUT2D eigenvalue weighted by Gasteiger charge is 2.25. The Balaban J connectivity index is 0. The molecule has 0 aliphatic heterocycles. The first-order valence-electron chi connectivity index (χ1n) is 5.64. The third kappa shape index (κ3) is 19.4. The van der Waals surface area contributed by atoms with Crippen molar-refractivity contribution in [3.8, 4) is 0 Å². The largest absolute Gasteiger partial charge is 0.389 e. The average molecular weight is 258 g/mol. The lowest BCUT2D eigenvalue weighted by atomic mass is 10.1. The molecule has 5 heteroatoms. The highest BCUT2D eigenvalue weighted by atomic mass is 32.2. The van der Waals surface area contributed by atoms with Crippen LogP contribution in [0.4, 0.5) is 13.2 Å². The van der Waals surface area contributed by atoms with Gasteiger partial charge in [-0.15, -0.1) is 0 Å². The second-order valence-corrected chi connectivity index (χ2v) is 4.17. The summed E-state index contributed by atoms with van der Waals surface area (Å²) >= 11 is 1.53. The van der Waals surface area contributed by atoms with E-state index in [0.29, 0.717) is 12.2 Å². The zero-order valence-electron chi connectivity index (χ0n) is 9.98. The number of rotatable bonds is 8. The van der Waals surface area contributed by atoms with Crippen LogP contribution in [0.15, 0.2) is 0 Å². The standard InChI is InChI=1S/C9H15F3OS.C2H6/c10-9(11,12)5-3-1-2-4-7-14-8-6-13;1-2/h6H,1-5,7-8H2;1-2H3. The van der Waals surface area contributed by atoms with Crippen LogP contribution in [0.2, 0.25) is 0 Å². The van der Waals surface area contributed by atoms with Gasteiger partial charge in [-0.3, -0.25) is 0 Å². The van der Waals surface area contributed by atoms with Crippen molar-refractivity contribution < 1.29 is 18.0 Å². The summed E-state index contributed by atoms with van der Waals surface area (Å²) < 4.78 is 35.1. The lowest BCUT2D eigenvalue weighted by Gasteiger charge is -2.05. The van der Waals surface area contributed by atoms with Gasteiger partial charge in [0.1, 0.15) is 6.29 Å². The summed E-state index contributed by atoms with van der Waals surface area (Å²) in [6.45, 7) is 4.00. The third-order valence-corrected chi connectivity index (χ3v) is 2.63. The molecule has 0 aromatic heterocycles. The van der Waals surface area contributed by atoms with Crippen LogP contribution < -0.4 is 0 Å². The van der Waals surface area contributed by atoms with Gasteiger partial charge in [0.2, 0.25) is 0 Å². The molecule has 0 aromatic rings. The molecule has 0 aliphatic carbocycles. The predicted octanol–water partition coefficient (Wildman–Crippen LogP) is 4.46. The fourth-order valence-electron chi connectivity index (χ4n) is 1.01. The Labute approximate surface area is 100 Å². The zero-order valence-corrected chi connectivity index (χ0v) is 10.8. The van der Waals surface area contributed by atoms with E-state index in [1.807, 2.05) is 13.8 Å². The van der Waals surface area contributed by atoms with E-state index in [1.165, 1.54) is 11.8 Å². The zero-order chi connectivity index (χ0) is 12.9. The van der Waals surface area contributed by atoms with Crippen molar-refractivity contribution in [2.24, 2.45) is 0 Å². The number of unbranched alkanes of at least 4 members (excludes halogenated alkanes) is 3. The van der Waals surface area contributed by atoms with Crippen molar-refractivity contribution in [1.82, 2.24) is 0 Å². The molecule has 0 atom stereocenters. The first-order chi connectivity index (χ1) is 7.56. The number of aldehydes is 1. The third-order valence-electron chi connectivity index (χ3n) is 1.68. The minimum absolute atomic E-state index is 0.224. The van der Waals surface area contributed by atoms with E-state index in [-0.39, 0.29) is 6.42 Å². The number of thioether (sulfide) groups is 1. The van der Waals surface area contributed by atoms with Crippen molar-refractivity contribution in [2.45, 2.75) is 52.1 Å². The van der Waals surface area contributed by atoms with E-state index in [4.69, 9.17) is 0 Å². The summed E-state index contributed by atoms with van der Waals surface area (Å²) in [5.74, 6) is 1.35. The second kappa shape index (κ2) is 12.9. The average Bonchev–Trinajstić information content (AvgIpc) is 2.23. The van der Waals surface area contributed by atoms with Crippen molar-refractivity contribution in [3.05, 3.63) is 0 Å². The molecule has 16 heavy (non-hydrogen) atoms. The molecule has 0 aromatic carbocycles. The van der Waals surface area contributed by atoms with Crippen LogP contribution in [0.5, 0.6) is 0 Å². The molecule has 1 nitrogen and oxygen atoms in total. The molecule has 0 rings (SSSR count). The Morgan fingerprint density at radius 3 is 2.12 bits per heavy atom. The molecular weight excluding hydrogens is 237 g/mol. The molecule has 0 amide bonds. The van der Waals surface area contributed by atoms with Gasteiger partial charge in [-0.05, 0) is 18.6 Å². The fourth-order valence-corrected chi connectivity index (χ4v) is 1.69. The molecule has 0 aliphatic rings. The smallest absolute Gasteiger partial charge is 0.302 e. The van der Waals surface area contributed by atoms with Crippen LogP contribution >= 0.6 is 11.8 Å². The summed E-state index contributed by atoms with van der Waals surface area (Å²) in [7, 11) is 0. The monoisotopic (exact) mass is 258 g/mol.